The summed E-state index contributed by atoms with van der Waals surface area (Å²) in [6.07, 6.45) is 0. The summed E-state index contributed by atoms with van der Waals surface area (Å²) in [5.41, 5.74) is 0. The van der Waals surface area contributed by atoms with Crippen LogP contribution in [0.1, 0.15) is 20.8 Å². The molecular weight excluding hydrogens is 328 g/mol. The normalized spacial score (nSPS) is 14.5. The molecule has 0 atom stereocenters. The van der Waals surface area contributed by atoms with E-state index in [2.05, 4.69) is 27.1 Å². The Hall–Kier alpha value is 1.26. The fourth-order valence-electron chi connectivity index (χ4n) is 0.143. The summed E-state index contributed by atoms with van der Waals surface area (Å²) in [6, 6.07) is 0. The number of alkyl halides is 2. The molecule has 0 saturated carbocycles. The van der Waals surface area contributed by atoms with Gasteiger partial charge in [-0.15, -0.1) is 0 Å². The molecule has 0 aromatic heterocycles. The topological polar surface area (TPSA) is 14.0 Å². The van der Waals surface area contributed by atoms with E-state index in [1.54, 1.807) is 0 Å². The zero-order chi connectivity index (χ0) is 6.62. The molecule has 8 heavy (non-hydrogen) atoms. The molecule has 0 radical (unpaired) electrons. The average molecular weight is 341 g/mol. The molecule has 0 amide bonds. The molecule has 0 fully saturated rings. The Balaban J connectivity index is 3.52. The minimum absolute atomic E-state index is 0.280. The van der Waals surface area contributed by atoms with Crippen molar-refractivity contribution >= 4 is 21.0 Å². The van der Waals surface area contributed by atoms with Gasteiger partial charge in [0, 0.05) is 0 Å². The molecule has 0 aliphatic heterocycles. The zero-order valence-electron chi connectivity index (χ0n) is 5.76. The number of hydrogen-bond acceptors (Lipinski definition) is 0. The van der Waals surface area contributed by atoms with E-state index in [9.17, 15) is 0 Å². The Morgan fingerprint density at radius 3 is 2.00 bits per heavy atom. The Morgan fingerprint density at radius 1 is 1.38 bits per heavy atom. The van der Waals surface area contributed by atoms with E-state index in [-0.39, 0.29) is 21.0 Å². The van der Waals surface area contributed by atoms with Gasteiger partial charge in [-0.1, -0.05) is 0 Å². The van der Waals surface area contributed by atoms with Crippen LogP contribution in [0.5, 0.6) is 0 Å². The van der Waals surface area contributed by atoms with Gasteiger partial charge in [-0.05, 0) is 0 Å². The van der Waals surface area contributed by atoms with Gasteiger partial charge in [-0.2, -0.15) is 0 Å². The van der Waals surface area contributed by atoms with Crippen molar-refractivity contribution < 1.29 is 22.8 Å². The monoisotopic (exact) mass is 341 g/mol. The summed E-state index contributed by atoms with van der Waals surface area (Å²) in [7, 11) is 0. The average Bonchev–Trinajstić information content (AvgIpc) is 1.59. The van der Waals surface area contributed by atoms with Crippen LogP contribution in [0.4, 0.5) is 0 Å². The Morgan fingerprint density at radius 2 is 1.88 bits per heavy atom. The SMILES string of the molecule is C[I-][NH+]=IC(C)(C)C. The molecule has 0 saturated heterocycles. The van der Waals surface area contributed by atoms with E-state index >= 15 is 0 Å². The minimum atomic E-state index is 0.280. The van der Waals surface area contributed by atoms with Gasteiger partial charge in [0.25, 0.3) is 0 Å². The Labute approximate surface area is 72.4 Å². The van der Waals surface area contributed by atoms with Crippen molar-refractivity contribution in [1.29, 1.82) is 0 Å². The third-order valence-corrected chi connectivity index (χ3v) is 6.72. The van der Waals surface area contributed by atoms with Crippen LogP contribution in [0.2, 0.25) is 0 Å². The first-order valence-corrected chi connectivity index (χ1v) is 7.84. The quantitative estimate of drug-likeness (QED) is 0.312. The van der Waals surface area contributed by atoms with Gasteiger partial charge in [-0.3, -0.25) is 0 Å². The van der Waals surface area contributed by atoms with Crippen molar-refractivity contribution in [3.63, 3.8) is 0 Å². The molecule has 0 rings (SSSR count). The van der Waals surface area contributed by atoms with Crippen molar-refractivity contribution in [1.82, 2.24) is 0 Å². The molecule has 3 heteroatoms. The molecular formula is C5H13I2N. The van der Waals surface area contributed by atoms with E-state index < -0.39 is 0 Å². The van der Waals surface area contributed by atoms with Crippen molar-refractivity contribution in [3.05, 3.63) is 0 Å². The predicted molar refractivity (Wildman–Crippen MR) is 40.7 cm³/mol. The first-order chi connectivity index (χ1) is 3.56. The van der Waals surface area contributed by atoms with Crippen LogP contribution in [0.25, 0.3) is 0 Å². The van der Waals surface area contributed by atoms with Gasteiger partial charge in [0.15, 0.2) is 0 Å². The van der Waals surface area contributed by atoms with Gasteiger partial charge < -0.3 is 0 Å². The van der Waals surface area contributed by atoms with Crippen LogP contribution in [0.3, 0.4) is 0 Å². The van der Waals surface area contributed by atoms with E-state index in [1.165, 1.54) is 0 Å². The Kier molecular flexibility index (Phi) is 4.79. The first kappa shape index (κ1) is 9.26. The van der Waals surface area contributed by atoms with Gasteiger partial charge in [0.2, 0.25) is 0 Å². The van der Waals surface area contributed by atoms with E-state index in [1.807, 2.05) is 0 Å². The molecule has 0 bridgehead atoms. The standard InChI is InChI=1S/C5H13I2N/c1-5(2,3)7-8-6-4/h8H,1-4H3. The van der Waals surface area contributed by atoms with Crippen LogP contribution in [0.15, 0.2) is 0 Å². The predicted octanol–water partition coefficient (Wildman–Crippen LogP) is -2.35. The van der Waals surface area contributed by atoms with E-state index in [0.29, 0.717) is 24.9 Å². The second-order valence-electron chi connectivity index (χ2n) is 2.42. The maximum absolute atomic E-state index is 3.51. The second-order valence-corrected chi connectivity index (χ2v) is 10.4. The van der Waals surface area contributed by atoms with Crippen molar-refractivity contribution in [3.8, 4) is 0 Å². The number of nitrogens with one attached hydrogen (secondary N) is 1. The Bertz CT molecular complexity index is 82.9. The molecule has 0 aliphatic rings. The zero-order valence-corrected chi connectivity index (χ0v) is 10.1. The summed E-state index contributed by atoms with van der Waals surface area (Å²) in [5.74, 6) is 0. The number of rotatable bonds is 1. The second kappa shape index (κ2) is 4.14. The van der Waals surface area contributed by atoms with Crippen LogP contribution < -0.4 is 22.8 Å². The summed E-state index contributed by atoms with van der Waals surface area (Å²) >= 11 is 0.621. The van der Waals surface area contributed by atoms with Gasteiger partial charge in [-0.25, -0.2) is 0 Å². The molecule has 0 heterocycles. The van der Waals surface area contributed by atoms with E-state index in [4.69, 9.17) is 0 Å². The molecule has 0 aromatic rings. The summed E-state index contributed by atoms with van der Waals surface area (Å²) in [6.45, 7) is 6.89. The summed E-state index contributed by atoms with van der Waals surface area (Å²) in [4.78, 5) is 2.27. The molecule has 1 nitrogen and oxygen atoms in total. The van der Waals surface area contributed by atoms with Crippen molar-refractivity contribution in [2.45, 2.75) is 24.2 Å². The molecule has 52 valence electrons. The van der Waals surface area contributed by atoms with Crippen molar-refractivity contribution in [2.75, 3.05) is 4.93 Å². The van der Waals surface area contributed by atoms with Crippen LogP contribution >= 0.6 is 21.0 Å². The third kappa shape index (κ3) is 7.26. The molecule has 1 N–H and O–H groups in total. The number of halogens is 2. The van der Waals surface area contributed by atoms with Gasteiger partial charge >= 0.3 is 73.0 Å². The molecule has 0 aromatic carbocycles. The fourth-order valence-corrected chi connectivity index (χ4v) is 6.43. The molecule has 0 unspecified atom stereocenters. The summed E-state index contributed by atoms with van der Waals surface area (Å²) in [5, 5.41) is 0. The third-order valence-electron chi connectivity index (χ3n) is 0.391. The van der Waals surface area contributed by atoms with E-state index in [0.717, 1.165) is 0 Å². The maximum atomic E-state index is 3.51. The van der Waals surface area contributed by atoms with Crippen LogP contribution in [-0.4, -0.2) is 8.35 Å². The molecule has 0 spiro atoms. The van der Waals surface area contributed by atoms with Gasteiger partial charge in [0.1, 0.15) is 0 Å². The fraction of sp³-hybridized carbons (Fsp3) is 1.00. The summed E-state index contributed by atoms with van der Waals surface area (Å²) < 4.78 is 4.09. The van der Waals surface area contributed by atoms with Gasteiger partial charge in [0.05, 0.1) is 0 Å². The van der Waals surface area contributed by atoms with Crippen LogP contribution in [0, 0.1) is 0 Å². The first-order valence-electron chi connectivity index (χ1n) is 2.44. The van der Waals surface area contributed by atoms with Crippen molar-refractivity contribution in [2.24, 2.45) is 0 Å². The molecule has 0 aliphatic carbocycles. The number of hydrogen-bond donors (Lipinski definition) is 1. The van der Waals surface area contributed by atoms with Crippen LogP contribution in [-0.2, 0) is 0 Å².